The number of hydrogen-bond donors (Lipinski definition) is 1. The Bertz CT molecular complexity index is 381. The van der Waals surface area contributed by atoms with Crippen LogP contribution in [0, 0.1) is 19.3 Å². The van der Waals surface area contributed by atoms with Gasteiger partial charge in [0.2, 0.25) is 0 Å². The summed E-state index contributed by atoms with van der Waals surface area (Å²) in [5.41, 5.74) is 4.23. The van der Waals surface area contributed by atoms with E-state index in [1.165, 1.54) is 17.0 Å². The first-order valence-electron chi connectivity index (χ1n) is 7.01. The molecule has 0 bridgehead atoms. The van der Waals surface area contributed by atoms with Crippen LogP contribution in [0.2, 0.25) is 0 Å². The second kappa shape index (κ2) is 5.87. The third-order valence-electron chi connectivity index (χ3n) is 3.62. The van der Waals surface area contributed by atoms with Gasteiger partial charge in [0.05, 0.1) is 5.69 Å². The van der Waals surface area contributed by atoms with Gasteiger partial charge in [-0.3, -0.25) is 4.68 Å². The van der Waals surface area contributed by atoms with Crippen LogP contribution in [0.4, 0.5) is 0 Å². The highest BCUT2D eigenvalue weighted by atomic mass is 15.3. The van der Waals surface area contributed by atoms with Crippen molar-refractivity contribution in [1.82, 2.24) is 15.1 Å². The summed E-state index contributed by atoms with van der Waals surface area (Å²) in [6.45, 7) is 14.4. The summed E-state index contributed by atoms with van der Waals surface area (Å²) in [5, 5.41) is 8.09. The largest absolute Gasteiger partial charge is 0.313 e. The molecular weight excluding hydrogens is 222 g/mol. The van der Waals surface area contributed by atoms with Crippen molar-refractivity contribution < 1.29 is 0 Å². The molecule has 18 heavy (non-hydrogen) atoms. The number of nitrogens with zero attached hydrogens (tertiary/aromatic N) is 2. The molecule has 0 spiro atoms. The summed E-state index contributed by atoms with van der Waals surface area (Å²) in [4.78, 5) is 0. The Labute approximate surface area is 112 Å². The topological polar surface area (TPSA) is 29.9 Å². The lowest BCUT2D eigenvalue weighted by Crippen LogP contribution is -2.17. The monoisotopic (exact) mass is 251 g/mol. The highest BCUT2D eigenvalue weighted by Gasteiger charge is 2.19. The molecule has 3 nitrogen and oxygen atoms in total. The Morgan fingerprint density at radius 3 is 2.33 bits per heavy atom. The molecule has 1 heterocycles. The van der Waals surface area contributed by atoms with E-state index in [9.17, 15) is 0 Å². The molecule has 0 aliphatic rings. The molecule has 0 saturated carbocycles. The second-order valence-electron chi connectivity index (χ2n) is 6.37. The van der Waals surface area contributed by atoms with Crippen LogP contribution in [-0.2, 0) is 6.54 Å². The first kappa shape index (κ1) is 15.2. The Kier molecular flexibility index (Phi) is 4.97. The van der Waals surface area contributed by atoms with E-state index in [1.54, 1.807) is 0 Å². The minimum Gasteiger partial charge on any atom is -0.313 e. The molecule has 1 rings (SSSR count). The van der Waals surface area contributed by atoms with E-state index in [4.69, 9.17) is 5.10 Å². The third-order valence-corrected chi connectivity index (χ3v) is 3.62. The molecule has 1 aromatic rings. The van der Waals surface area contributed by atoms with Gasteiger partial charge in [-0.05, 0) is 39.2 Å². The van der Waals surface area contributed by atoms with Gasteiger partial charge >= 0.3 is 0 Å². The van der Waals surface area contributed by atoms with Gasteiger partial charge in [-0.2, -0.15) is 5.10 Å². The molecule has 0 aliphatic heterocycles. The summed E-state index contributed by atoms with van der Waals surface area (Å²) < 4.78 is 2.18. The maximum atomic E-state index is 4.71. The third kappa shape index (κ3) is 3.58. The van der Waals surface area contributed by atoms with Gasteiger partial charge in [-0.1, -0.05) is 27.7 Å². The van der Waals surface area contributed by atoms with E-state index >= 15 is 0 Å². The van der Waals surface area contributed by atoms with Gasteiger partial charge < -0.3 is 5.32 Å². The zero-order valence-electron chi connectivity index (χ0n) is 13.1. The number of rotatable bonds is 5. The van der Waals surface area contributed by atoms with Crippen LogP contribution in [0.25, 0.3) is 0 Å². The number of hydrogen-bond acceptors (Lipinski definition) is 2. The molecule has 1 unspecified atom stereocenters. The summed E-state index contributed by atoms with van der Waals surface area (Å²) in [7, 11) is 2.03. The van der Waals surface area contributed by atoms with Crippen LogP contribution in [0.3, 0.4) is 0 Å². The van der Waals surface area contributed by atoms with Crippen molar-refractivity contribution in [2.24, 2.45) is 5.41 Å². The maximum Gasteiger partial charge on any atom is 0.0644 e. The average molecular weight is 251 g/mol. The van der Waals surface area contributed by atoms with E-state index in [1.807, 2.05) is 7.05 Å². The molecule has 1 aromatic heterocycles. The van der Waals surface area contributed by atoms with Gasteiger partial charge in [0.25, 0.3) is 0 Å². The van der Waals surface area contributed by atoms with Crippen molar-refractivity contribution in [3.05, 3.63) is 17.0 Å². The predicted octanol–water partition coefficient (Wildman–Crippen LogP) is 3.61. The van der Waals surface area contributed by atoms with Crippen molar-refractivity contribution in [2.75, 3.05) is 7.05 Å². The summed E-state index contributed by atoms with van der Waals surface area (Å²) in [6, 6.07) is 0.424. The van der Waals surface area contributed by atoms with Crippen LogP contribution in [0.5, 0.6) is 0 Å². The normalized spacial score (nSPS) is 13.9. The summed E-state index contributed by atoms with van der Waals surface area (Å²) in [5.74, 6) is 0. The van der Waals surface area contributed by atoms with Crippen molar-refractivity contribution in [1.29, 1.82) is 0 Å². The van der Waals surface area contributed by atoms with E-state index in [0.29, 0.717) is 11.5 Å². The molecule has 1 atom stereocenters. The lowest BCUT2D eigenvalue weighted by atomic mass is 9.92. The second-order valence-corrected chi connectivity index (χ2v) is 6.37. The standard InChI is InChI=1S/C15H29N3/c1-8-13(16-7)14-11(2)17-18(12(14)3)10-9-15(4,5)6/h13,16H,8-10H2,1-7H3. The number of aryl methyl sites for hydroxylation is 2. The molecule has 0 aliphatic carbocycles. The van der Waals surface area contributed by atoms with Crippen molar-refractivity contribution in [2.45, 2.75) is 67.0 Å². The Balaban J connectivity index is 2.93. The highest BCUT2D eigenvalue weighted by molar-refractivity contribution is 5.28. The van der Waals surface area contributed by atoms with Crippen LogP contribution in [-0.4, -0.2) is 16.8 Å². The van der Waals surface area contributed by atoms with Gasteiger partial charge in [0.15, 0.2) is 0 Å². The van der Waals surface area contributed by atoms with Gasteiger partial charge in [0, 0.05) is 23.8 Å². The first-order chi connectivity index (χ1) is 8.30. The van der Waals surface area contributed by atoms with Gasteiger partial charge in [0.1, 0.15) is 0 Å². The van der Waals surface area contributed by atoms with E-state index in [-0.39, 0.29) is 0 Å². The Hall–Kier alpha value is -0.830. The van der Waals surface area contributed by atoms with Crippen molar-refractivity contribution >= 4 is 0 Å². The molecule has 0 aromatic carbocycles. The Morgan fingerprint density at radius 2 is 1.89 bits per heavy atom. The molecule has 0 radical (unpaired) electrons. The molecule has 3 heteroatoms. The SMILES string of the molecule is CCC(NC)c1c(C)nn(CCC(C)(C)C)c1C. The fourth-order valence-corrected chi connectivity index (χ4v) is 2.43. The molecule has 0 fully saturated rings. The smallest absolute Gasteiger partial charge is 0.0644 e. The highest BCUT2D eigenvalue weighted by Crippen LogP contribution is 2.25. The minimum absolute atomic E-state index is 0.361. The maximum absolute atomic E-state index is 4.71. The zero-order chi connectivity index (χ0) is 13.9. The summed E-state index contributed by atoms with van der Waals surface area (Å²) >= 11 is 0. The lowest BCUT2D eigenvalue weighted by Gasteiger charge is -2.19. The molecule has 0 amide bonds. The van der Waals surface area contributed by atoms with Crippen LogP contribution in [0.15, 0.2) is 0 Å². The van der Waals surface area contributed by atoms with Crippen molar-refractivity contribution in [3.63, 3.8) is 0 Å². The zero-order valence-corrected chi connectivity index (χ0v) is 13.1. The summed E-state index contributed by atoms with van der Waals surface area (Å²) in [6.07, 6.45) is 2.26. The average Bonchev–Trinajstić information content (AvgIpc) is 2.54. The van der Waals surface area contributed by atoms with Crippen LogP contribution >= 0.6 is 0 Å². The van der Waals surface area contributed by atoms with Gasteiger partial charge in [-0.15, -0.1) is 0 Å². The minimum atomic E-state index is 0.361. The number of nitrogens with one attached hydrogen (secondary N) is 1. The fraction of sp³-hybridized carbons (Fsp3) is 0.800. The molecule has 104 valence electrons. The molecule has 1 N–H and O–H groups in total. The van der Waals surface area contributed by atoms with Gasteiger partial charge in [-0.25, -0.2) is 0 Å². The number of aromatic nitrogens is 2. The van der Waals surface area contributed by atoms with Crippen LogP contribution in [0.1, 0.15) is 63.5 Å². The van der Waals surface area contributed by atoms with Crippen molar-refractivity contribution in [3.8, 4) is 0 Å². The van der Waals surface area contributed by atoms with E-state index in [2.05, 4.69) is 51.5 Å². The van der Waals surface area contributed by atoms with E-state index in [0.717, 1.165) is 19.4 Å². The van der Waals surface area contributed by atoms with Crippen LogP contribution < -0.4 is 5.32 Å². The lowest BCUT2D eigenvalue weighted by molar-refractivity contribution is 0.338. The fourth-order valence-electron chi connectivity index (χ4n) is 2.43. The molecule has 0 saturated heterocycles. The Morgan fingerprint density at radius 1 is 1.28 bits per heavy atom. The predicted molar refractivity (Wildman–Crippen MR) is 77.9 cm³/mol. The molecular formula is C15H29N3. The quantitative estimate of drug-likeness (QED) is 0.866. The first-order valence-corrected chi connectivity index (χ1v) is 7.01. The van der Waals surface area contributed by atoms with E-state index < -0.39 is 0 Å².